The summed E-state index contributed by atoms with van der Waals surface area (Å²) < 4.78 is 1.09. The van der Waals surface area contributed by atoms with Crippen LogP contribution >= 0.6 is 23.1 Å². The largest absolute Gasteiger partial charge is 0.339 e. The molecule has 90 valence electrons. The third kappa shape index (κ3) is 2.19. The number of thiophene rings is 1. The smallest absolute Gasteiger partial charge is 0.151 e. The van der Waals surface area contributed by atoms with E-state index in [9.17, 15) is 0 Å². The van der Waals surface area contributed by atoms with Gasteiger partial charge in [-0.2, -0.15) is 0 Å². The van der Waals surface area contributed by atoms with Crippen molar-refractivity contribution < 1.29 is 0 Å². The molecule has 2 heterocycles. The van der Waals surface area contributed by atoms with Gasteiger partial charge in [0.15, 0.2) is 5.82 Å². The Kier molecular flexibility index (Phi) is 3.17. The Morgan fingerprint density at radius 3 is 2.72 bits per heavy atom. The standard InChI is InChI=1S/C13H11N3S2/c1-17-10-4-2-9(3-5-10)16-13-12-11(6-7-18-12)14-8-15-13/h2-8H,1H3,(H,14,15,16). The summed E-state index contributed by atoms with van der Waals surface area (Å²) in [4.78, 5) is 9.78. The predicted octanol–water partition coefficient (Wildman–Crippen LogP) is 4.16. The third-order valence-corrected chi connectivity index (χ3v) is 4.25. The summed E-state index contributed by atoms with van der Waals surface area (Å²) in [5, 5.41) is 5.36. The van der Waals surface area contributed by atoms with Crippen LogP contribution in [0.1, 0.15) is 0 Å². The SMILES string of the molecule is CSc1ccc(Nc2ncnc3ccsc23)cc1. The van der Waals surface area contributed by atoms with Gasteiger partial charge in [-0.25, -0.2) is 9.97 Å². The fourth-order valence-corrected chi connectivity index (χ4v) is 2.89. The van der Waals surface area contributed by atoms with Crippen molar-refractivity contribution in [3.63, 3.8) is 0 Å². The highest BCUT2D eigenvalue weighted by Crippen LogP contribution is 2.28. The summed E-state index contributed by atoms with van der Waals surface area (Å²) in [5.41, 5.74) is 2.03. The highest BCUT2D eigenvalue weighted by Gasteiger charge is 2.04. The summed E-state index contributed by atoms with van der Waals surface area (Å²) in [5.74, 6) is 0.868. The molecule has 3 nitrogen and oxygen atoms in total. The lowest BCUT2D eigenvalue weighted by Crippen LogP contribution is -1.94. The summed E-state index contributed by atoms with van der Waals surface area (Å²) in [7, 11) is 0. The second-order valence-electron chi connectivity index (χ2n) is 3.71. The Bertz CT molecular complexity index is 661. The third-order valence-electron chi connectivity index (χ3n) is 2.60. The summed E-state index contributed by atoms with van der Waals surface area (Å²) in [6.07, 6.45) is 3.66. The lowest BCUT2D eigenvalue weighted by molar-refractivity contribution is 1.22. The molecule has 1 aromatic carbocycles. The van der Waals surface area contributed by atoms with Gasteiger partial charge in [-0.15, -0.1) is 23.1 Å². The van der Waals surface area contributed by atoms with E-state index in [0.717, 1.165) is 21.7 Å². The van der Waals surface area contributed by atoms with Crippen LogP contribution in [0.5, 0.6) is 0 Å². The number of nitrogens with zero attached hydrogens (tertiary/aromatic N) is 2. The van der Waals surface area contributed by atoms with Crippen molar-refractivity contribution in [2.24, 2.45) is 0 Å². The number of fused-ring (bicyclic) bond motifs is 1. The van der Waals surface area contributed by atoms with Gasteiger partial charge in [-0.3, -0.25) is 0 Å². The van der Waals surface area contributed by atoms with E-state index in [1.165, 1.54) is 4.90 Å². The summed E-state index contributed by atoms with van der Waals surface area (Å²) >= 11 is 3.39. The molecule has 0 aliphatic carbocycles. The van der Waals surface area contributed by atoms with Gasteiger partial charge >= 0.3 is 0 Å². The molecule has 0 radical (unpaired) electrons. The number of hydrogen-bond donors (Lipinski definition) is 1. The number of rotatable bonds is 3. The van der Waals surface area contributed by atoms with Gasteiger partial charge in [-0.1, -0.05) is 0 Å². The Hall–Kier alpha value is -1.59. The van der Waals surface area contributed by atoms with Crippen molar-refractivity contribution in [1.29, 1.82) is 0 Å². The molecule has 0 aliphatic heterocycles. The zero-order valence-electron chi connectivity index (χ0n) is 9.75. The Morgan fingerprint density at radius 1 is 1.11 bits per heavy atom. The number of anilines is 2. The van der Waals surface area contributed by atoms with Crippen LogP contribution < -0.4 is 5.32 Å². The van der Waals surface area contributed by atoms with E-state index in [2.05, 4.69) is 45.8 Å². The molecule has 3 aromatic rings. The highest BCUT2D eigenvalue weighted by atomic mass is 32.2. The maximum Gasteiger partial charge on any atom is 0.151 e. The molecule has 5 heteroatoms. The molecule has 3 rings (SSSR count). The first-order valence-electron chi connectivity index (χ1n) is 5.46. The zero-order valence-corrected chi connectivity index (χ0v) is 11.4. The van der Waals surface area contributed by atoms with E-state index in [4.69, 9.17) is 0 Å². The van der Waals surface area contributed by atoms with Gasteiger partial charge in [-0.05, 0) is 42.0 Å². The van der Waals surface area contributed by atoms with Gasteiger partial charge in [0.1, 0.15) is 6.33 Å². The molecule has 0 unspecified atom stereocenters. The summed E-state index contributed by atoms with van der Waals surface area (Å²) in [6, 6.07) is 10.3. The minimum atomic E-state index is 0.868. The van der Waals surface area contributed by atoms with Crippen LogP contribution in [0.25, 0.3) is 10.2 Å². The molecular weight excluding hydrogens is 262 g/mol. The van der Waals surface area contributed by atoms with Crippen molar-refractivity contribution in [3.05, 3.63) is 42.0 Å². The fourth-order valence-electron chi connectivity index (χ4n) is 1.69. The molecule has 0 fully saturated rings. The van der Waals surface area contributed by atoms with E-state index in [-0.39, 0.29) is 0 Å². The van der Waals surface area contributed by atoms with Crippen LogP contribution in [-0.2, 0) is 0 Å². The minimum Gasteiger partial charge on any atom is -0.339 e. The van der Waals surface area contributed by atoms with Crippen molar-refractivity contribution >= 4 is 44.8 Å². The Morgan fingerprint density at radius 2 is 1.94 bits per heavy atom. The molecular formula is C13H11N3S2. The monoisotopic (exact) mass is 273 g/mol. The molecule has 2 aromatic heterocycles. The molecule has 1 N–H and O–H groups in total. The van der Waals surface area contributed by atoms with E-state index >= 15 is 0 Å². The number of thioether (sulfide) groups is 1. The molecule has 0 spiro atoms. The molecule has 0 saturated carbocycles. The van der Waals surface area contributed by atoms with Crippen molar-refractivity contribution in [3.8, 4) is 0 Å². The van der Waals surface area contributed by atoms with E-state index < -0.39 is 0 Å². The number of hydrogen-bond acceptors (Lipinski definition) is 5. The minimum absolute atomic E-state index is 0.868. The number of aromatic nitrogens is 2. The topological polar surface area (TPSA) is 37.8 Å². The first kappa shape index (κ1) is 11.5. The van der Waals surface area contributed by atoms with Crippen LogP contribution in [0, 0.1) is 0 Å². The maximum atomic E-state index is 4.30. The van der Waals surface area contributed by atoms with Crippen molar-refractivity contribution in [1.82, 2.24) is 9.97 Å². The van der Waals surface area contributed by atoms with Gasteiger partial charge < -0.3 is 5.32 Å². The fraction of sp³-hybridized carbons (Fsp3) is 0.0769. The zero-order chi connectivity index (χ0) is 12.4. The van der Waals surface area contributed by atoms with Crippen LogP contribution in [0.15, 0.2) is 46.9 Å². The number of nitrogens with one attached hydrogen (secondary N) is 1. The highest BCUT2D eigenvalue weighted by molar-refractivity contribution is 7.98. The first-order valence-corrected chi connectivity index (χ1v) is 7.56. The lowest BCUT2D eigenvalue weighted by atomic mass is 10.3. The van der Waals surface area contributed by atoms with Gasteiger partial charge in [0, 0.05) is 10.6 Å². The van der Waals surface area contributed by atoms with Gasteiger partial charge in [0.25, 0.3) is 0 Å². The first-order chi connectivity index (χ1) is 8.86. The van der Waals surface area contributed by atoms with Crippen LogP contribution in [0.4, 0.5) is 11.5 Å². The Balaban J connectivity index is 1.93. The van der Waals surface area contributed by atoms with E-state index in [0.29, 0.717) is 0 Å². The molecule has 0 atom stereocenters. The van der Waals surface area contributed by atoms with Crippen molar-refractivity contribution in [2.75, 3.05) is 11.6 Å². The second kappa shape index (κ2) is 4.96. The average molecular weight is 273 g/mol. The van der Waals surface area contributed by atoms with Gasteiger partial charge in [0.05, 0.1) is 10.2 Å². The quantitative estimate of drug-likeness (QED) is 0.727. The second-order valence-corrected chi connectivity index (χ2v) is 5.51. The summed E-state index contributed by atoms with van der Waals surface area (Å²) in [6.45, 7) is 0. The molecule has 0 bridgehead atoms. The number of benzene rings is 1. The van der Waals surface area contributed by atoms with Gasteiger partial charge in [0.2, 0.25) is 0 Å². The van der Waals surface area contributed by atoms with E-state index in [1.54, 1.807) is 29.4 Å². The lowest BCUT2D eigenvalue weighted by Gasteiger charge is -2.06. The van der Waals surface area contributed by atoms with Crippen LogP contribution in [-0.4, -0.2) is 16.2 Å². The van der Waals surface area contributed by atoms with Crippen LogP contribution in [0.3, 0.4) is 0 Å². The normalized spacial score (nSPS) is 10.7. The maximum absolute atomic E-state index is 4.30. The Labute approximate surface area is 113 Å². The molecule has 0 aliphatic rings. The van der Waals surface area contributed by atoms with Crippen molar-refractivity contribution in [2.45, 2.75) is 4.90 Å². The molecule has 0 saturated heterocycles. The predicted molar refractivity (Wildman–Crippen MR) is 78.9 cm³/mol. The molecule has 18 heavy (non-hydrogen) atoms. The average Bonchev–Trinajstić information content (AvgIpc) is 2.89. The van der Waals surface area contributed by atoms with E-state index in [1.807, 2.05) is 11.4 Å². The van der Waals surface area contributed by atoms with Crippen LogP contribution in [0.2, 0.25) is 0 Å². The molecule has 0 amide bonds.